The fourth-order valence-electron chi connectivity index (χ4n) is 0.819. The lowest BCUT2D eigenvalue weighted by Gasteiger charge is -2.19. The second-order valence-electron chi connectivity index (χ2n) is 2.39. The summed E-state index contributed by atoms with van der Waals surface area (Å²) in [6, 6.07) is 0. The zero-order chi connectivity index (χ0) is 8.10. The van der Waals surface area contributed by atoms with Crippen molar-refractivity contribution in [2.24, 2.45) is 4.99 Å². The first-order valence-corrected chi connectivity index (χ1v) is 3.64. The molecule has 0 fully saturated rings. The topological polar surface area (TPSA) is 56.7 Å². The summed E-state index contributed by atoms with van der Waals surface area (Å²) in [5, 5.41) is 15.0. The van der Waals surface area contributed by atoms with E-state index < -0.39 is 0 Å². The van der Waals surface area contributed by atoms with E-state index >= 15 is 0 Å². The molecule has 1 aliphatic rings. The molecule has 1 rings (SSSR count). The van der Waals surface area contributed by atoms with E-state index in [9.17, 15) is 0 Å². The van der Waals surface area contributed by atoms with Crippen molar-refractivity contribution in [1.29, 1.82) is 0 Å². The molecule has 70 valence electrons. The second kappa shape index (κ2) is 6.02. The Morgan fingerprint density at radius 1 is 1.83 bits per heavy atom. The molecular formula is C7H14BrN3O. The van der Waals surface area contributed by atoms with Gasteiger partial charge in [0.05, 0.1) is 12.6 Å². The summed E-state index contributed by atoms with van der Waals surface area (Å²) >= 11 is 0. The van der Waals surface area contributed by atoms with Crippen LogP contribution in [0.5, 0.6) is 0 Å². The van der Waals surface area contributed by atoms with Gasteiger partial charge in [0, 0.05) is 13.1 Å². The minimum Gasteiger partial charge on any atom is -0.389 e. The molecule has 3 N–H and O–H groups in total. The third kappa shape index (κ3) is 3.73. The Morgan fingerprint density at radius 2 is 2.58 bits per heavy atom. The number of nitrogens with zero attached hydrogens (tertiary/aromatic N) is 1. The van der Waals surface area contributed by atoms with Gasteiger partial charge in [-0.25, -0.2) is 0 Å². The number of nitrogens with one attached hydrogen (secondary N) is 2. The van der Waals surface area contributed by atoms with Gasteiger partial charge in [0.25, 0.3) is 0 Å². The molecular weight excluding hydrogens is 222 g/mol. The fourth-order valence-corrected chi connectivity index (χ4v) is 0.819. The molecule has 0 aromatic heterocycles. The first-order valence-electron chi connectivity index (χ1n) is 3.64. The highest BCUT2D eigenvalue weighted by Gasteiger charge is 2.09. The molecule has 5 heteroatoms. The van der Waals surface area contributed by atoms with Crippen LogP contribution in [0.4, 0.5) is 0 Å². The molecule has 0 saturated heterocycles. The minimum absolute atomic E-state index is 0. The van der Waals surface area contributed by atoms with Crippen molar-refractivity contribution < 1.29 is 5.11 Å². The van der Waals surface area contributed by atoms with Crippen molar-refractivity contribution in [3.8, 4) is 0 Å². The van der Waals surface area contributed by atoms with Gasteiger partial charge in [-0.1, -0.05) is 6.08 Å². The number of hydrogen-bond donors (Lipinski definition) is 3. The highest BCUT2D eigenvalue weighted by Crippen LogP contribution is 1.88. The number of β-amino-alcohol motifs (C(OH)–C–C–N with tert-alkyl or cyclic N) is 1. The Labute approximate surface area is 82.5 Å². The predicted octanol–water partition coefficient (Wildman–Crippen LogP) is -0.340. The number of guanidine groups is 1. The smallest absolute Gasteiger partial charge is 0.191 e. The van der Waals surface area contributed by atoms with Crippen molar-refractivity contribution in [2.45, 2.75) is 6.10 Å². The number of aliphatic hydroxyl groups is 1. The van der Waals surface area contributed by atoms with Crippen LogP contribution in [0.15, 0.2) is 17.6 Å². The maximum Gasteiger partial charge on any atom is 0.191 e. The summed E-state index contributed by atoms with van der Waals surface area (Å²) in [4.78, 5) is 4.04. The summed E-state index contributed by atoms with van der Waals surface area (Å²) in [6.45, 7) is 5.31. The molecule has 0 bridgehead atoms. The molecule has 0 saturated carbocycles. The monoisotopic (exact) mass is 235 g/mol. The van der Waals surface area contributed by atoms with E-state index in [0.29, 0.717) is 19.6 Å². The maximum absolute atomic E-state index is 9.03. The van der Waals surface area contributed by atoms with Crippen molar-refractivity contribution >= 4 is 22.9 Å². The molecule has 0 spiro atoms. The van der Waals surface area contributed by atoms with Crippen LogP contribution in [0.25, 0.3) is 0 Å². The molecule has 1 aliphatic heterocycles. The van der Waals surface area contributed by atoms with E-state index in [0.717, 1.165) is 5.96 Å². The molecule has 0 aromatic rings. The molecule has 1 unspecified atom stereocenters. The van der Waals surface area contributed by atoms with Crippen LogP contribution in [-0.2, 0) is 0 Å². The van der Waals surface area contributed by atoms with Gasteiger partial charge in [0.1, 0.15) is 0 Å². The summed E-state index contributed by atoms with van der Waals surface area (Å²) in [5.41, 5.74) is 0. The number of rotatable bonds is 2. The number of halogens is 1. The van der Waals surface area contributed by atoms with E-state index in [1.54, 1.807) is 6.08 Å². The number of aliphatic imine (C=N–C) groups is 1. The number of aliphatic hydroxyl groups excluding tert-OH is 1. The summed E-state index contributed by atoms with van der Waals surface area (Å²) < 4.78 is 0. The lowest BCUT2D eigenvalue weighted by Crippen LogP contribution is -2.46. The van der Waals surface area contributed by atoms with Gasteiger partial charge >= 0.3 is 0 Å². The van der Waals surface area contributed by atoms with E-state index in [-0.39, 0.29) is 23.1 Å². The molecule has 12 heavy (non-hydrogen) atoms. The average molecular weight is 236 g/mol. The molecule has 0 radical (unpaired) electrons. The molecule has 1 heterocycles. The van der Waals surface area contributed by atoms with Crippen LogP contribution >= 0.6 is 17.0 Å². The standard InChI is InChI=1S/C7H13N3O.BrH/c1-2-3-8-7-9-4-6(11)5-10-7;/h2,6,11H,1,3-5H2,(H2,8,9,10);1H. The lowest BCUT2D eigenvalue weighted by molar-refractivity contribution is 0.180. The van der Waals surface area contributed by atoms with Crippen LogP contribution in [0, 0.1) is 0 Å². The normalized spacial score (nSPS) is 21.4. The Kier molecular flexibility index (Phi) is 5.74. The second-order valence-corrected chi connectivity index (χ2v) is 2.39. The summed E-state index contributed by atoms with van der Waals surface area (Å²) in [7, 11) is 0. The van der Waals surface area contributed by atoms with Crippen LogP contribution in [0.2, 0.25) is 0 Å². The fraction of sp³-hybridized carbons (Fsp3) is 0.571. The minimum atomic E-state index is -0.343. The van der Waals surface area contributed by atoms with Gasteiger partial charge in [-0.05, 0) is 0 Å². The largest absolute Gasteiger partial charge is 0.389 e. The van der Waals surface area contributed by atoms with Gasteiger partial charge in [-0.3, -0.25) is 4.99 Å². The number of hydrogen-bond acceptors (Lipinski definition) is 4. The van der Waals surface area contributed by atoms with Crippen LogP contribution in [0.1, 0.15) is 0 Å². The Morgan fingerprint density at radius 3 is 3.08 bits per heavy atom. The van der Waals surface area contributed by atoms with E-state index in [1.807, 2.05) is 0 Å². The summed E-state index contributed by atoms with van der Waals surface area (Å²) in [6.07, 6.45) is 1.42. The van der Waals surface area contributed by atoms with Crippen molar-refractivity contribution in [3.63, 3.8) is 0 Å². The van der Waals surface area contributed by atoms with Gasteiger partial charge in [-0.2, -0.15) is 0 Å². The first-order chi connectivity index (χ1) is 5.33. The molecule has 0 aliphatic carbocycles. The van der Waals surface area contributed by atoms with Crippen molar-refractivity contribution in [3.05, 3.63) is 12.7 Å². The quantitative estimate of drug-likeness (QED) is 0.575. The Balaban J connectivity index is 0.00000121. The van der Waals surface area contributed by atoms with E-state index in [4.69, 9.17) is 5.11 Å². The zero-order valence-electron chi connectivity index (χ0n) is 6.79. The van der Waals surface area contributed by atoms with Gasteiger partial charge < -0.3 is 15.7 Å². The van der Waals surface area contributed by atoms with Crippen LogP contribution in [-0.4, -0.2) is 36.8 Å². The van der Waals surface area contributed by atoms with Gasteiger partial charge in [0.15, 0.2) is 5.96 Å². The SMILES string of the molecule is Br.C=CCNC1=NCC(O)CN1. The maximum atomic E-state index is 9.03. The third-order valence-corrected chi connectivity index (χ3v) is 1.38. The lowest BCUT2D eigenvalue weighted by atomic mass is 10.3. The van der Waals surface area contributed by atoms with Crippen LogP contribution in [0.3, 0.4) is 0 Å². The van der Waals surface area contributed by atoms with E-state index in [1.165, 1.54) is 0 Å². The summed E-state index contributed by atoms with van der Waals surface area (Å²) in [5.74, 6) is 0.746. The Bertz CT molecular complexity index is 172. The Hall–Kier alpha value is -0.550. The average Bonchev–Trinajstić information content (AvgIpc) is 2.04. The zero-order valence-corrected chi connectivity index (χ0v) is 8.50. The molecule has 0 amide bonds. The van der Waals surface area contributed by atoms with Crippen molar-refractivity contribution in [2.75, 3.05) is 19.6 Å². The van der Waals surface area contributed by atoms with Gasteiger partial charge in [-0.15, -0.1) is 23.6 Å². The highest BCUT2D eigenvalue weighted by molar-refractivity contribution is 8.93. The molecule has 1 atom stereocenters. The van der Waals surface area contributed by atoms with Crippen LogP contribution < -0.4 is 10.6 Å². The first kappa shape index (κ1) is 11.4. The van der Waals surface area contributed by atoms with Gasteiger partial charge in [0.2, 0.25) is 0 Å². The molecule has 4 nitrogen and oxygen atoms in total. The third-order valence-electron chi connectivity index (χ3n) is 1.38. The van der Waals surface area contributed by atoms with Crippen molar-refractivity contribution in [1.82, 2.24) is 10.6 Å². The van der Waals surface area contributed by atoms with E-state index in [2.05, 4.69) is 22.2 Å². The highest BCUT2D eigenvalue weighted by atomic mass is 79.9. The predicted molar refractivity (Wildman–Crippen MR) is 54.8 cm³/mol. The molecule has 0 aromatic carbocycles.